The molecule has 1 heterocycles. The highest BCUT2D eigenvalue weighted by Gasteiger charge is 2.42. The van der Waals surface area contributed by atoms with Crippen LogP contribution in [0.5, 0.6) is 0 Å². The zero-order chi connectivity index (χ0) is 31.2. The summed E-state index contributed by atoms with van der Waals surface area (Å²) in [5, 5.41) is 0. The van der Waals surface area contributed by atoms with Crippen molar-refractivity contribution in [3.05, 3.63) is 38.0 Å². The van der Waals surface area contributed by atoms with Crippen molar-refractivity contribution in [2.45, 2.75) is 82.7 Å². The van der Waals surface area contributed by atoms with E-state index in [1.54, 1.807) is 0 Å². The van der Waals surface area contributed by atoms with Crippen molar-refractivity contribution in [2.24, 2.45) is 0 Å². The third-order valence-electron chi connectivity index (χ3n) is 5.68. The Morgan fingerprint density at radius 1 is 0.595 bits per heavy atom. The Morgan fingerprint density at radius 2 is 1.00 bits per heavy atom. The highest BCUT2D eigenvalue weighted by molar-refractivity contribution is 5.81. The van der Waals surface area contributed by atoms with Gasteiger partial charge in [0.1, 0.15) is 6.10 Å². The first-order valence-electron chi connectivity index (χ1n) is 13.8. The summed E-state index contributed by atoms with van der Waals surface area (Å²) in [6.07, 6.45) is 2.17. The molecule has 234 valence electrons. The minimum atomic E-state index is -1.31. The number of rotatable bonds is 21. The van der Waals surface area contributed by atoms with Crippen LogP contribution in [-0.2, 0) is 61.9 Å². The van der Waals surface area contributed by atoms with E-state index in [2.05, 4.69) is 19.7 Å². The molecule has 13 heteroatoms. The molecule has 1 saturated heterocycles. The smallest absolute Gasteiger partial charge is 0.330 e. The summed E-state index contributed by atoms with van der Waals surface area (Å²) in [6, 6.07) is 0. The van der Waals surface area contributed by atoms with Crippen molar-refractivity contribution >= 4 is 35.8 Å². The van der Waals surface area contributed by atoms with Crippen LogP contribution in [0.25, 0.3) is 0 Å². The van der Waals surface area contributed by atoms with E-state index in [4.69, 9.17) is 33.2 Å². The van der Waals surface area contributed by atoms with E-state index in [-0.39, 0.29) is 52.1 Å². The minimum Gasteiger partial charge on any atom is -0.463 e. The summed E-state index contributed by atoms with van der Waals surface area (Å²) in [5.41, 5.74) is 0. The Morgan fingerprint density at radius 3 is 1.43 bits per heavy atom. The van der Waals surface area contributed by atoms with E-state index in [0.717, 1.165) is 18.2 Å². The first-order valence-corrected chi connectivity index (χ1v) is 13.8. The number of carbonyl (C=O) groups is 6. The van der Waals surface area contributed by atoms with Crippen LogP contribution in [0.3, 0.4) is 0 Å². The van der Waals surface area contributed by atoms with Gasteiger partial charge in [-0.05, 0) is 38.5 Å². The number of hydrogen-bond donors (Lipinski definition) is 0. The quantitative estimate of drug-likeness (QED) is 0.0822. The lowest BCUT2D eigenvalue weighted by atomic mass is 10.1. The van der Waals surface area contributed by atoms with Crippen molar-refractivity contribution in [3.8, 4) is 0 Å². The summed E-state index contributed by atoms with van der Waals surface area (Å²) in [5.74, 6) is -3.54. The Balaban J connectivity index is 2.68. The van der Waals surface area contributed by atoms with Gasteiger partial charge >= 0.3 is 35.8 Å². The van der Waals surface area contributed by atoms with Crippen molar-refractivity contribution in [3.63, 3.8) is 0 Å². The van der Waals surface area contributed by atoms with Crippen molar-refractivity contribution < 1.29 is 61.9 Å². The summed E-state index contributed by atoms with van der Waals surface area (Å²) in [4.78, 5) is 70.9. The second-order valence-electron chi connectivity index (χ2n) is 8.99. The molecule has 0 bridgehead atoms. The van der Waals surface area contributed by atoms with Gasteiger partial charge in [0.2, 0.25) is 12.4 Å². The number of carbonyl (C=O) groups excluding carboxylic acids is 6. The first kappa shape index (κ1) is 36.0. The average molecular weight is 597 g/mol. The van der Waals surface area contributed by atoms with Gasteiger partial charge in [-0.2, -0.15) is 0 Å². The Hall–Kier alpha value is -4.00. The second kappa shape index (κ2) is 21.7. The molecule has 1 fully saturated rings. The maximum atomic E-state index is 12.6. The molecule has 0 aromatic rings. The van der Waals surface area contributed by atoms with Crippen LogP contribution in [-0.4, -0.2) is 80.7 Å². The lowest BCUT2D eigenvalue weighted by molar-refractivity contribution is -0.250. The zero-order valence-corrected chi connectivity index (χ0v) is 23.8. The number of esters is 6. The molecule has 3 atom stereocenters. The monoisotopic (exact) mass is 596 g/mol. The Labute approximate surface area is 245 Å². The fraction of sp³-hybridized carbons (Fsp3) is 0.586. The van der Waals surface area contributed by atoms with Crippen LogP contribution in [0.2, 0.25) is 0 Å². The van der Waals surface area contributed by atoms with Crippen molar-refractivity contribution in [1.29, 1.82) is 0 Å². The molecule has 0 amide bonds. The second-order valence-corrected chi connectivity index (χ2v) is 8.99. The molecule has 2 unspecified atom stereocenters. The Kier molecular flexibility index (Phi) is 18.6. The lowest BCUT2D eigenvalue weighted by Gasteiger charge is -2.36. The molecule has 1 aliphatic heterocycles. The molecule has 0 aliphatic carbocycles. The molecule has 13 nitrogen and oxygen atoms in total. The van der Waals surface area contributed by atoms with Gasteiger partial charge in [0, 0.05) is 43.9 Å². The molecule has 0 aromatic carbocycles. The predicted molar refractivity (Wildman–Crippen MR) is 145 cm³/mol. The van der Waals surface area contributed by atoms with E-state index in [9.17, 15) is 28.8 Å². The van der Waals surface area contributed by atoms with Crippen molar-refractivity contribution in [2.75, 3.05) is 26.4 Å². The molecule has 1 rings (SSSR count). The highest BCUT2D eigenvalue weighted by Crippen LogP contribution is 2.24. The SMILES string of the molecule is C=CC(=O)OCCCCC(=O)OC1CCOC(OC(=O)CCCCOC(=O)C=C)[C@@H]1OC(=O)CCCCOC(=O)C=C. The summed E-state index contributed by atoms with van der Waals surface area (Å²) >= 11 is 0. The van der Waals surface area contributed by atoms with Crippen LogP contribution in [0.15, 0.2) is 38.0 Å². The third-order valence-corrected chi connectivity index (χ3v) is 5.68. The maximum Gasteiger partial charge on any atom is 0.330 e. The fourth-order valence-corrected chi connectivity index (χ4v) is 3.53. The van der Waals surface area contributed by atoms with Gasteiger partial charge in [-0.1, -0.05) is 19.7 Å². The summed E-state index contributed by atoms with van der Waals surface area (Å²) in [7, 11) is 0. The molecule has 0 N–H and O–H groups in total. The lowest BCUT2D eigenvalue weighted by Crippen LogP contribution is -2.51. The molecule has 0 aromatic heterocycles. The third kappa shape index (κ3) is 16.3. The molecule has 0 spiro atoms. The van der Waals surface area contributed by atoms with Crippen LogP contribution < -0.4 is 0 Å². The largest absolute Gasteiger partial charge is 0.463 e. The van der Waals surface area contributed by atoms with Gasteiger partial charge in [-0.3, -0.25) is 14.4 Å². The van der Waals surface area contributed by atoms with Gasteiger partial charge in [0.15, 0.2) is 0 Å². The average Bonchev–Trinajstić information content (AvgIpc) is 2.97. The number of unbranched alkanes of at least 4 members (excludes halogenated alkanes) is 3. The van der Waals surface area contributed by atoms with Gasteiger partial charge in [-0.25, -0.2) is 14.4 Å². The van der Waals surface area contributed by atoms with Crippen LogP contribution in [0.4, 0.5) is 0 Å². The number of ether oxygens (including phenoxy) is 7. The molecule has 0 radical (unpaired) electrons. The van der Waals surface area contributed by atoms with Gasteiger partial charge in [-0.15, -0.1) is 0 Å². The zero-order valence-electron chi connectivity index (χ0n) is 23.8. The normalized spacial score (nSPS) is 17.6. The van der Waals surface area contributed by atoms with Gasteiger partial charge < -0.3 is 33.2 Å². The van der Waals surface area contributed by atoms with Gasteiger partial charge in [0.05, 0.1) is 26.4 Å². The molecular formula is C29H40O13. The molecule has 1 aliphatic rings. The van der Waals surface area contributed by atoms with E-state index >= 15 is 0 Å². The molecule has 42 heavy (non-hydrogen) atoms. The minimum absolute atomic E-state index is 0.0174. The number of hydrogen-bond acceptors (Lipinski definition) is 13. The summed E-state index contributed by atoms with van der Waals surface area (Å²) in [6.45, 7) is 10.3. The predicted octanol–water partition coefficient (Wildman–Crippen LogP) is 2.80. The maximum absolute atomic E-state index is 12.6. The molecule has 0 saturated carbocycles. The van der Waals surface area contributed by atoms with Crippen LogP contribution in [0.1, 0.15) is 64.2 Å². The van der Waals surface area contributed by atoms with E-state index in [0.29, 0.717) is 38.5 Å². The summed E-state index contributed by atoms with van der Waals surface area (Å²) < 4.78 is 36.7. The molecular weight excluding hydrogens is 556 g/mol. The fourth-order valence-electron chi connectivity index (χ4n) is 3.53. The van der Waals surface area contributed by atoms with E-state index in [1.165, 1.54) is 0 Å². The Bertz CT molecular complexity index is 890. The van der Waals surface area contributed by atoms with Gasteiger partial charge in [0.25, 0.3) is 0 Å². The highest BCUT2D eigenvalue weighted by atomic mass is 16.7. The first-order chi connectivity index (χ1) is 20.2. The van der Waals surface area contributed by atoms with E-state index in [1.807, 2.05) is 0 Å². The van der Waals surface area contributed by atoms with Crippen LogP contribution in [0, 0.1) is 0 Å². The van der Waals surface area contributed by atoms with Crippen molar-refractivity contribution in [1.82, 2.24) is 0 Å². The standard InChI is InChI=1S/C29H40O13/c1-4-22(30)36-17-10-7-13-25(33)40-21-16-20-39-29(42-27(35)15-9-12-19-38-24(32)6-3)28(21)41-26(34)14-8-11-18-37-23(31)5-2/h4-6,21,28-29H,1-3,7-20H2/t21?,28-,29?/m1/s1. The van der Waals surface area contributed by atoms with E-state index < -0.39 is 54.3 Å². The topological polar surface area (TPSA) is 167 Å². The van der Waals surface area contributed by atoms with Crippen LogP contribution >= 0.6 is 0 Å².